The molecule has 0 saturated heterocycles. The molecule has 2 rings (SSSR count). The van der Waals surface area contributed by atoms with E-state index >= 15 is 0 Å². The minimum Gasteiger partial charge on any atom is -0.455 e. The normalized spacial score (nSPS) is 10.5. The van der Waals surface area contributed by atoms with Crippen molar-refractivity contribution in [3.63, 3.8) is 0 Å². The van der Waals surface area contributed by atoms with E-state index in [1.165, 1.54) is 6.92 Å². The Morgan fingerprint density at radius 1 is 1.42 bits per heavy atom. The second-order valence-corrected chi connectivity index (χ2v) is 5.38. The quantitative estimate of drug-likeness (QED) is 0.637. The molecule has 0 aromatic carbocycles. The van der Waals surface area contributed by atoms with Crippen molar-refractivity contribution < 1.29 is 14.3 Å². The van der Waals surface area contributed by atoms with Crippen LogP contribution in [0.3, 0.4) is 0 Å². The lowest BCUT2D eigenvalue weighted by atomic mass is 10.2. The molecule has 2 aromatic heterocycles. The molecule has 0 radical (unpaired) electrons. The van der Waals surface area contributed by atoms with E-state index in [-0.39, 0.29) is 12.4 Å². The topological polar surface area (TPSA) is 48.3 Å². The summed E-state index contributed by atoms with van der Waals surface area (Å²) in [6.45, 7) is 3.72. The van der Waals surface area contributed by atoms with Gasteiger partial charge in [-0.3, -0.25) is 4.79 Å². The molecule has 0 spiro atoms. The number of rotatable bonds is 4. The number of carbonyl (C=O) groups excluding carboxylic acids is 2. The molecule has 0 bridgehead atoms. The first-order chi connectivity index (χ1) is 8.99. The molecule has 4 nitrogen and oxygen atoms in total. The SMILES string of the molecule is CC(=O)c1cc(C(=O)OCc2sccc2C)n(C)c1. The number of Topliss-reactive ketones (excluding diaryl/α,β-unsaturated/α-hetero) is 1. The van der Waals surface area contributed by atoms with Gasteiger partial charge in [-0.2, -0.15) is 0 Å². The maximum Gasteiger partial charge on any atom is 0.355 e. The second kappa shape index (κ2) is 5.40. The molecule has 0 atom stereocenters. The van der Waals surface area contributed by atoms with Gasteiger partial charge in [-0.25, -0.2) is 4.79 Å². The molecule has 2 aromatic rings. The molecule has 0 fully saturated rings. The summed E-state index contributed by atoms with van der Waals surface area (Å²) in [5.41, 5.74) is 2.02. The van der Waals surface area contributed by atoms with Crippen LogP contribution in [0.1, 0.15) is 38.2 Å². The summed E-state index contributed by atoms with van der Waals surface area (Å²) in [7, 11) is 1.72. The highest BCUT2D eigenvalue weighted by molar-refractivity contribution is 7.10. The van der Waals surface area contributed by atoms with E-state index < -0.39 is 5.97 Å². The van der Waals surface area contributed by atoms with Gasteiger partial charge in [0, 0.05) is 23.7 Å². The van der Waals surface area contributed by atoms with Gasteiger partial charge in [0.15, 0.2) is 5.78 Å². The van der Waals surface area contributed by atoms with Crippen LogP contribution in [0.5, 0.6) is 0 Å². The summed E-state index contributed by atoms with van der Waals surface area (Å²) >= 11 is 1.56. The van der Waals surface area contributed by atoms with Gasteiger partial charge in [-0.1, -0.05) is 0 Å². The van der Waals surface area contributed by atoms with Gasteiger partial charge >= 0.3 is 5.97 Å². The number of hydrogen-bond donors (Lipinski definition) is 0. The predicted octanol–water partition coefficient (Wildman–Crippen LogP) is 2.95. The first-order valence-electron chi connectivity index (χ1n) is 5.86. The lowest BCUT2D eigenvalue weighted by Crippen LogP contribution is -2.09. The van der Waals surface area contributed by atoms with Crippen LogP contribution in [0, 0.1) is 6.92 Å². The van der Waals surface area contributed by atoms with Gasteiger partial charge in [0.1, 0.15) is 12.3 Å². The number of carbonyl (C=O) groups is 2. The third-order valence-corrected chi connectivity index (χ3v) is 3.92. The lowest BCUT2D eigenvalue weighted by molar-refractivity contribution is 0.0465. The number of hydrogen-bond acceptors (Lipinski definition) is 4. The van der Waals surface area contributed by atoms with E-state index in [1.54, 1.807) is 35.2 Å². The summed E-state index contributed by atoms with van der Waals surface area (Å²) in [5.74, 6) is -0.480. The molecule has 100 valence electrons. The fourth-order valence-electron chi connectivity index (χ4n) is 1.72. The lowest BCUT2D eigenvalue weighted by Gasteiger charge is -2.04. The molecule has 2 heterocycles. The molecular weight excluding hydrogens is 262 g/mol. The van der Waals surface area contributed by atoms with Crippen molar-refractivity contribution in [2.75, 3.05) is 0 Å². The number of aryl methyl sites for hydroxylation is 2. The average molecular weight is 277 g/mol. The largest absolute Gasteiger partial charge is 0.455 e. The number of nitrogens with zero attached hydrogens (tertiary/aromatic N) is 1. The van der Waals surface area contributed by atoms with Crippen LogP contribution in [0.2, 0.25) is 0 Å². The number of ether oxygens (including phenoxy) is 1. The smallest absolute Gasteiger partial charge is 0.355 e. The van der Waals surface area contributed by atoms with Gasteiger partial charge in [0.05, 0.1) is 0 Å². The van der Waals surface area contributed by atoms with E-state index in [0.29, 0.717) is 11.3 Å². The van der Waals surface area contributed by atoms with Gasteiger partial charge in [0.25, 0.3) is 0 Å². The van der Waals surface area contributed by atoms with Crippen molar-refractivity contribution in [3.05, 3.63) is 45.4 Å². The Labute approximate surface area is 115 Å². The van der Waals surface area contributed by atoms with E-state index in [0.717, 1.165) is 10.4 Å². The standard InChI is InChI=1S/C14H15NO3S/c1-9-4-5-19-13(9)8-18-14(17)12-6-11(10(2)16)7-15(12)3/h4-7H,8H2,1-3H3. The van der Waals surface area contributed by atoms with Gasteiger partial charge in [0.2, 0.25) is 0 Å². The fraction of sp³-hybridized carbons (Fsp3) is 0.286. The Balaban J connectivity index is 2.08. The van der Waals surface area contributed by atoms with E-state index in [2.05, 4.69) is 0 Å². The third-order valence-electron chi connectivity index (χ3n) is 2.92. The zero-order valence-electron chi connectivity index (χ0n) is 11.1. The second-order valence-electron chi connectivity index (χ2n) is 4.38. The minimum absolute atomic E-state index is 0.0660. The van der Waals surface area contributed by atoms with Crippen molar-refractivity contribution in [1.82, 2.24) is 4.57 Å². The molecule has 19 heavy (non-hydrogen) atoms. The van der Waals surface area contributed by atoms with Crippen molar-refractivity contribution >= 4 is 23.1 Å². The van der Waals surface area contributed by atoms with Crippen LogP contribution in [0.25, 0.3) is 0 Å². The van der Waals surface area contributed by atoms with Crippen molar-refractivity contribution in [3.8, 4) is 0 Å². The summed E-state index contributed by atoms with van der Waals surface area (Å²) < 4.78 is 6.88. The Morgan fingerprint density at radius 3 is 2.68 bits per heavy atom. The summed E-state index contributed by atoms with van der Waals surface area (Å²) in [6.07, 6.45) is 1.63. The molecule has 0 saturated carbocycles. The Kier molecular flexibility index (Phi) is 3.85. The van der Waals surface area contributed by atoms with Crippen LogP contribution in [0.15, 0.2) is 23.7 Å². The minimum atomic E-state index is -0.414. The fourth-order valence-corrected chi connectivity index (χ4v) is 2.53. The molecular formula is C14H15NO3S. The molecule has 0 unspecified atom stereocenters. The highest BCUT2D eigenvalue weighted by atomic mass is 32.1. The van der Waals surface area contributed by atoms with Gasteiger partial charge in [-0.15, -0.1) is 11.3 Å². The van der Waals surface area contributed by atoms with Crippen molar-refractivity contribution in [2.45, 2.75) is 20.5 Å². The van der Waals surface area contributed by atoms with Crippen LogP contribution >= 0.6 is 11.3 Å². The van der Waals surface area contributed by atoms with Gasteiger partial charge in [-0.05, 0) is 36.9 Å². The van der Waals surface area contributed by atoms with Crippen LogP contribution in [0.4, 0.5) is 0 Å². The van der Waals surface area contributed by atoms with Crippen molar-refractivity contribution in [2.24, 2.45) is 7.05 Å². The Morgan fingerprint density at radius 2 is 2.16 bits per heavy atom. The summed E-state index contributed by atoms with van der Waals surface area (Å²) in [4.78, 5) is 24.3. The zero-order chi connectivity index (χ0) is 14.0. The number of aromatic nitrogens is 1. The molecule has 0 aliphatic rings. The molecule has 0 N–H and O–H groups in total. The van der Waals surface area contributed by atoms with Crippen LogP contribution in [-0.2, 0) is 18.4 Å². The van der Waals surface area contributed by atoms with Crippen LogP contribution in [-0.4, -0.2) is 16.3 Å². The van der Waals surface area contributed by atoms with Crippen molar-refractivity contribution in [1.29, 1.82) is 0 Å². The number of ketones is 1. The van der Waals surface area contributed by atoms with E-state index in [4.69, 9.17) is 4.74 Å². The summed E-state index contributed by atoms with van der Waals surface area (Å²) in [5, 5.41) is 1.97. The molecule has 0 aliphatic heterocycles. The molecule has 0 aliphatic carbocycles. The Hall–Kier alpha value is -1.88. The zero-order valence-corrected chi connectivity index (χ0v) is 11.9. The highest BCUT2D eigenvalue weighted by Gasteiger charge is 2.15. The van der Waals surface area contributed by atoms with Crippen LogP contribution < -0.4 is 0 Å². The number of thiophene rings is 1. The Bertz CT molecular complexity index is 624. The van der Waals surface area contributed by atoms with E-state index in [1.807, 2.05) is 18.4 Å². The molecule has 5 heteroatoms. The highest BCUT2D eigenvalue weighted by Crippen LogP contribution is 2.17. The average Bonchev–Trinajstić information content (AvgIpc) is 2.93. The maximum absolute atomic E-state index is 12.0. The predicted molar refractivity (Wildman–Crippen MR) is 73.6 cm³/mol. The number of esters is 1. The van der Waals surface area contributed by atoms with Gasteiger partial charge < -0.3 is 9.30 Å². The first kappa shape index (κ1) is 13.5. The monoisotopic (exact) mass is 277 g/mol. The molecule has 0 amide bonds. The van der Waals surface area contributed by atoms with E-state index in [9.17, 15) is 9.59 Å². The summed E-state index contributed by atoms with van der Waals surface area (Å²) in [6, 6.07) is 3.55. The first-order valence-corrected chi connectivity index (χ1v) is 6.74. The maximum atomic E-state index is 12.0. The third kappa shape index (κ3) is 2.93.